The maximum Gasteiger partial charge on any atom is 0.322 e. The summed E-state index contributed by atoms with van der Waals surface area (Å²) in [4.78, 5) is 12.4. The minimum Gasteiger partial charge on any atom is -0.488 e. The number of hydrogen-bond acceptors (Lipinski definition) is 5. The van der Waals surface area contributed by atoms with Crippen LogP contribution in [-0.2, 0) is 22.6 Å². The van der Waals surface area contributed by atoms with E-state index in [2.05, 4.69) is 20.7 Å². The predicted molar refractivity (Wildman–Crippen MR) is 86.5 cm³/mol. The van der Waals surface area contributed by atoms with Crippen LogP contribution in [0.1, 0.15) is 10.4 Å². The summed E-state index contributed by atoms with van der Waals surface area (Å²) in [5.41, 5.74) is 6.70. The average Bonchev–Trinajstić information content (AvgIpc) is 2.91. The van der Waals surface area contributed by atoms with Crippen molar-refractivity contribution in [3.63, 3.8) is 0 Å². The highest BCUT2D eigenvalue weighted by Crippen LogP contribution is 2.23. The molecule has 0 fully saturated rings. The van der Waals surface area contributed by atoms with E-state index in [9.17, 15) is 4.79 Å². The summed E-state index contributed by atoms with van der Waals surface area (Å²) in [5.74, 6) is 0.383. The van der Waals surface area contributed by atoms with Gasteiger partial charge in [-0.05, 0) is 52.2 Å². The van der Waals surface area contributed by atoms with Gasteiger partial charge in [-0.25, -0.2) is 0 Å². The fourth-order valence-electron chi connectivity index (χ4n) is 1.79. The molecule has 0 saturated carbocycles. The van der Waals surface area contributed by atoms with E-state index in [1.807, 2.05) is 36.4 Å². The Bertz CT molecular complexity index is 597. The molecule has 0 bridgehead atoms. The second-order valence-corrected chi connectivity index (χ2v) is 7.02. The average molecular weight is 370 g/mol. The molecule has 0 spiro atoms. The van der Waals surface area contributed by atoms with E-state index < -0.39 is 12.0 Å². The molecule has 2 N–H and O–H groups in total. The van der Waals surface area contributed by atoms with Gasteiger partial charge in [0.25, 0.3) is 0 Å². The molecule has 2 aromatic rings. The third kappa shape index (κ3) is 4.84. The van der Waals surface area contributed by atoms with Crippen LogP contribution in [0.2, 0.25) is 0 Å². The summed E-state index contributed by atoms with van der Waals surface area (Å²) < 4.78 is 11.4. The van der Waals surface area contributed by atoms with Gasteiger partial charge in [-0.15, -0.1) is 11.3 Å². The molecule has 1 aromatic heterocycles. The number of hydrogen-bond donors (Lipinski definition) is 1. The zero-order valence-corrected chi connectivity index (χ0v) is 13.9. The number of carbonyl (C=O) groups is 1. The summed E-state index contributed by atoms with van der Waals surface area (Å²) in [7, 11) is 1.34. The molecule has 2 rings (SSSR count). The minimum atomic E-state index is -0.634. The molecule has 1 heterocycles. The molecule has 21 heavy (non-hydrogen) atoms. The van der Waals surface area contributed by atoms with Crippen molar-refractivity contribution in [2.75, 3.05) is 7.11 Å². The molecule has 0 saturated heterocycles. The van der Waals surface area contributed by atoms with E-state index in [1.54, 1.807) is 11.3 Å². The van der Waals surface area contributed by atoms with Crippen LogP contribution >= 0.6 is 27.3 Å². The Labute approximate surface area is 136 Å². The highest BCUT2D eigenvalue weighted by atomic mass is 79.9. The number of halogens is 1. The fourth-order valence-corrected chi connectivity index (χ4v) is 3.19. The second kappa shape index (κ2) is 7.59. The standard InChI is InChI=1S/C15H16BrNO3S/c1-19-15(18)13(17)8-10-2-4-11(5-3-10)20-9-12-6-7-14(16)21-12/h2-7,13H,8-9,17H2,1H3. The van der Waals surface area contributed by atoms with Gasteiger partial charge in [-0.2, -0.15) is 0 Å². The Hall–Kier alpha value is -1.37. The molecule has 0 aliphatic carbocycles. The lowest BCUT2D eigenvalue weighted by molar-refractivity contribution is -0.142. The fraction of sp³-hybridized carbons (Fsp3) is 0.267. The van der Waals surface area contributed by atoms with Crippen LogP contribution in [0.5, 0.6) is 5.75 Å². The largest absolute Gasteiger partial charge is 0.488 e. The smallest absolute Gasteiger partial charge is 0.322 e. The molecule has 1 aromatic carbocycles. The quantitative estimate of drug-likeness (QED) is 0.794. The molecule has 1 atom stereocenters. The van der Waals surface area contributed by atoms with Crippen molar-refractivity contribution in [2.45, 2.75) is 19.1 Å². The normalized spacial score (nSPS) is 12.0. The predicted octanol–water partition coefficient (Wildman–Crippen LogP) is 3.13. The first kappa shape index (κ1) is 16.0. The van der Waals surface area contributed by atoms with Gasteiger partial charge in [0.1, 0.15) is 18.4 Å². The molecule has 0 amide bonds. The monoisotopic (exact) mass is 369 g/mol. The summed E-state index contributed by atoms with van der Waals surface area (Å²) in [5, 5.41) is 0. The Morgan fingerprint density at radius 2 is 2.00 bits per heavy atom. The molecule has 6 heteroatoms. The number of methoxy groups -OCH3 is 1. The van der Waals surface area contributed by atoms with Gasteiger partial charge < -0.3 is 15.2 Å². The first-order valence-corrected chi connectivity index (χ1v) is 7.99. The van der Waals surface area contributed by atoms with E-state index in [4.69, 9.17) is 10.5 Å². The molecule has 4 nitrogen and oxygen atoms in total. The topological polar surface area (TPSA) is 61.5 Å². The van der Waals surface area contributed by atoms with Crippen LogP contribution in [0.4, 0.5) is 0 Å². The van der Waals surface area contributed by atoms with Crippen molar-refractivity contribution >= 4 is 33.2 Å². The summed E-state index contributed by atoms with van der Waals surface area (Å²) in [6.07, 6.45) is 0.449. The highest BCUT2D eigenvalue weighted by molar-refractivity contribution is 9.11. The Morgan fingerprint density at radius 3 is 2.57 bits per heavy atom. The lowest BCUT2D eigenvalue weighted by Gasteiger charge is -2.10. The number of ether oxygens (including phenoxy) is 2. The van der Waals surface area contributed by atoms with E-state index in [1.165, 1.54) is 7.11 Å². The summed E-state index contributed by atoms with van der Waals surface area (Å²) in [6.45, 7) is 0.539. The van der Waals surface area contributed by atoms with Gasteiger partial charge in [0, 0.05) is 4.88 Å². The molecular formula is C15H16BrNO3S. The summed E-state index contributed by atoms with van der Waals surface area (Å²) >= 11 is 5.07. The van der Waals surface area contributed by atoms with Crippen molar-refractivity contribution in [1.29, 1.82) is 0 Å². The number of rotatable bonds is 6. The van der Waals surface area contributed by atoms with Crippen LogP contribution in [0.3, 0.4) is 0 Å². The highest BCUT2D eigenvalue weighted by Gasteiger charge is 2.14. The maximum absolute atomic E-state index is 11.3. The minimum absolute atomic E-state index is 0.404. The number of esters is 1. The number of nitrogens with two attached hydrogens (primary N) is 1. The first-order chi connectivity index (χ1) is 10.1. The van der Waals surface area contributed by atoms with Gasteiger partial charge in [0.15, 0.2) is 0 Å². The second-order valence-electron chi connectivity index (χ2n) is 4.47. The zero-order chi connectivity index (χ0) is 15.2. The zero-order valence-electron chi connectivity index (χ0n) is 11.5. The van der Waals surface area contributed by atoms with Crippen LogP contribution in [0.15, 0.2) is 40.2 Å². The van der Waals surface area contributed by atoms with Crippen LogP contribution in [0.25, 0.3) is 0 Å². The van der Waals surface area contributed by atoms with E-state index >= 15 is 0 Å². The SMILES string of the molecule is COC(=O)C(N)Cc1ccc(OCc2ccc(Br)s2)cc1. The van der Waals surface area contributed by atoms with Crippen molar-refractivity contribution in [3.05, 3.63) is 50.6 Å². The van der Waals surface area contributed by atoms with E-state index in [0.717, 1.165) is 20.0 Å². The van der Waals surface area contributed by atoms with Gasteiger partial charge >= 0.3 is 5.97 Å². The molecule has 112 valence electrons. The summed E-state index contributed by atoms with van der Waals surface area (Å²) in [6, 6.07) is 11.0. The maximum atomic E-state index is 11.3. The van der Waals surface area contributed by atoms with Crippen molar-refractivity contribution in [1.82, 2.24) is 0 Å². The van der Waals surface area contributed by atoms with Gasteiger partial charge in [0.2, 0.25) is 0 Å². The third-order valence-corrected chi connectivity index (χ3v) is 4.49. The van der Waals surface area contributed by atoms with Gasteiger partial charge in [0.05, 0.1) is 10.9 Å². The molecule has 0 radical (unpaired) electrons. The van der Waals surface area contributed by atoms with Crippen molar-refractivity contribution in [3.8, 4) is 5.75 Å². The van der Waals surface area contributed by atoms with Crippen LogP contribution in [-0.4, -0.2) is 19.1 Å². The lowest BCUT2D eigenvalue weighted by Crippen LogP contribution is -2.33. The Morgan fingerprint density at radius 1 is 1.29 bits per heavy atom. The van der Waals surface area contributed by atoms with Crippen molar-refractivity contribution < 1.29 is 14.3 Å². The lowest BCUT2D eigenvalue weighted by atomic mass is 10.1. The Balaban J connectivity index is 1.88. The molecular weight excluding hydrogens is 354 g/mol. The van der Waals surface area contributed by atoms with Crippen LogP contribution in [0, 0.1) is 0 Å². The Kier molecular flexibility index (Phi) is 5.78. The number of benzene rings is 1. The number of carbonyl (C=O) groups excluding carboxylic acids is 1. The number of thiophene rings is 1. The van der Waals surface area contributed by atoms with E-state index in [0.29, 0.717) is 13.0 Å². The molecule has 0 aliphatic heterocycles. The third-order valence-electron chi connectivity index (χ3n) is 2.89. The molecule has 1 unspecified atom stereocenters. The van der Waals surface area contributed by atoms with E-state index in [-0.39, 0.29) is 0 Å². The van der Waals surface area contributed by atoms with Crippen LogP contribution < -0.4 is 10.5 Å². The van der Waals surface area contributed by atoms with Crippen molar-refractivity contribution in [2.24, 2.45) is 5.73 Å². The van der Waals surface area contributed by atoms with Gasteiger partial charge in [-0.3, -0.25) is 4.79 Å². The molecule has 0 aliphatic rings. The van der Waals surface area contributed by atoms with Gasteiger partial charge in [-0.1, -0.05) is 12.1 Å². The first-order valence-electron chi connectivity index (χ1n) is 6.38.